The predicted octanol–water partition coefficient (Wildman–Crippen LogP) is 5.07. The molecule has 2 aromatic heterocycles. The minimum atomic E-state index is -1.10. The van der Waals surface area contributed by atoms with E-state index in [0.29, 0.717) is 16.7 Å². The molecule has 47 heavy (non-hydrogen) atoms. The number of nitrogens with zero attached hydrogens (tertiary/aromatic N) is 4. The molecular formula is C34H28ClN5O7. The Hall–Kier alpha value is -5.33. The number of nitrogens with one attached hydrogen (secondary N) is 1. The van der Waals surface area contributed by atoms with E-state index < -0.39 is 42.5 Å². The Bertz CT molecular complexity index is 1920. The van der Waals surface area contributed by atoms with Gasteiger partial charge in [-0.3, -0.25) is 9.36 Å². The molecule has 238 valence electrons. The topological polar surface area (TPSA) is 144 Å². The highest BCUT2D eigenvalue weighted by molar-refractivity contribution is 6.33. The molecule has 0 saturated carbocycles. The molecule has 1 aliphatic carbocycles. The second-order valence-electron chi connectivity index (χ2n) is 11.1. The molecule has 5 aromatic rings. The third-order valence-electron chi connectivity index (χ3n) is 8.26. The van der Waals surface area contributed by atoms with E-state index in [2.05, 4.69) is 20.3 Å². The van der Waals surface area contributed by atoms with Crippen molar-refractivity contribution in [2.75, 3.05) is 13.2 Å². The quantitative estimate of drug-likeness (QED) is 0.137. The molecule has 4 atom stereocenters. The number of aromatic nitrogens is 4. The van der Waals surface area contributed by atoms with Gasteiger partial charge in [0, 0.05) is 12.8 Å². The number of hydrogen-bond acceptors (Lipinski definition) is 10. The molecule has 13 heteroatoms. The largest absolute Gasteiger partial charge is 0.459 e. The summed E-state index contributed by atoms with van der Waals surface area (Å²) in [6.07, 6.45) is -1.17. The Kier molecular flexibility index (Phi) is 8.27. The van der Waals surface area contributed by atoms with E-state index in [1.807, 2.05) is 48.5 Å². The Labute approximate surface area is 273 Å². The van der Waals surface area contributed by atoms with Crippen molar-refractivity contribution in [1.29, 1.82) is 0 Å². The van der Waals surface area contributed by atoms with Crippen molar-refractivity contribution in [3.8, 4) is 11.1 Å². The van der Waals surface area contributed by atoms with Gasteiger partial charge in [0.2, 0.25) is 0 Å². The summed E-state index contributed by atoms with van der Waals surface area (Å²) in [5, 5.41) is 2.95. The van der Waals surface area contributed by atoms with Crippen LogP contribution in [0.1, 0.15) is 40.6 Å². The molecule has 3 heterocycles. The summed E-state index contributed by atoms with van der Waals surface area (Å²) in [4.78, 5) is 51.2. The fraction of sp³-hybridized carbons (Fsp3) is 0.235. The van der Waals surface area contributed by atoms with E-state index in [9.17, 15) is 14.4 Å². The maximum atomic E-state index is 13.5. The lowest BCUT2D eigenvalue weighted by Gasteiger charge is -2.25. The van der Waals surface area contributed by atoms with Crippen LogP contribution in [-0.4, -0.2) is 69.0 Å². The van der Waals surface area contributed by atoms with Gasteiger partial charge in [0.25, 0.3) is 0 Å². The molecule has 3 aromatic carbocycles. The second-order valence-corrected chi connectivity index (χ2v) is 11.4. The van der Waals surface area contributed by atoms with Crippen LogP contribution in [0.5, 0.6) is 0 Å². The number of carbonyl (C=O) groups excluding carboxylic acids is 3. The number of halogens is 1. The molecule has 12 nitrogen and oxygen atoms in total. The summed E-state index contributed by atoms with van der Waals surface area (Å²) in [5.74, 6) is -1.38. The molecule has 0 unspecified atom stereocenters. The van der Waals surface area contributed by atoms with Gasteiger partial charge in [-0.05, 0) is 34.4 Å². The van der Waals surface area contributed by atoms with Crippen molar-refractivity contribution in [2.45, 2.75) is 37.3 Å². The molecule has 0 radical (unpaired) electrons. The monoisotopic (exact) mass is 653 g/mol. The van der Waals surface area contributed by atoms with Crippen LogP contribution in [0.25, 0.3) is 22.3 Å². The molecule has 0 spiro atoms. The number of rotatable bonds is 8. The average molecular weight is 654 g/mol. The van der Waals surface area contributed by atoms with E-state index in [4.69, 9.17) is 30.5 Å². The zero-order chi connectivity index (χ0) is 32.5. The summed E-state index contributed by atoms with van der Waals surface area (Å²) in [6, 6.07) is 23.5. The van der Waals surface area contributed by atoms with E-state index in [-0.39, 0.29) is 24.3 Å². The highest BCUT2D eigenvalue weighted by Crippen LogP contribution is 2.44. The summed E-state index contributed by atoms with van der Waals surface area (Å²) in [5.41, 5.74) is 5.26. The normalized spacial score (nSPS) is 20.0. The summed E-state index contributed by atoms with van der Waals surface area (Å²) < 4.78 is 25.0. The number of ether oxygens (including phenoxy) is 4. The smallest absolute Gasteiger partial charge is 0.407 e. The van der Waals surface area contributed by atoms with Gasteiger partial charge in [-0.1, -0.05) is 78.3 Å². The van der Waals surface area contributed by atoms with Crippen molar-refractivity contribution >= 4 is 40.8 Å². The Balaban J connectivity index is 1.15. The van der Waals surface area contributed by atoms with Gasteiger partial charge in [0.15, 0.2) is 23.1 Å². The van der Waals surface area contributed by atoms with Crippen LogP contribution in [0.2, 0.25) is 5.15 Å². The minimum Gasteiger partial charge on any atom is -0.459 e. The maximum Gasteiger partial charge on any atom is 0.407 e. The average Bonchev–Trinajstić information content (AvgIpc) is 3.76. The number of alkyl carbamates (subject to hydrolysis) is 1. The van der Waals surface area contributed by atoms with Gasteiger partial charge in [0.1, 0.15) is 37.2 Å². The lowest BCUT2D eigenvalue weighted by molar-refractivity contribution is -0.152. The van der Waals surface area contributed by atoms with Crippen molar-refractivity contribution in [3.63, 3.8) is 0 Å². The number of fused-ring (bicyclic) bond motifs is 4. The van der Waals surface area contributed by atoms with E-state index >= 15 is 0 Å². The first-order chi connectivity index (χ1) is 22.9. The van der Waals surface area contributed by atoms with Crippen LogP contribution in [0.3, 0.4) is 0 Å². The van der Waals surface area contributed by atoms with Crippen LogP contribution < -0.4 is 5.32 Å². The molecule has 1 saturated heterocycles. The van der Waals surface area contributed by atoms with Crippen LogP contribution in [0, 0.1) is 0 Å². The second kappa shape index (κ2) is 12.8. The van der Waals surface area contributed by atoms with Gasteiger partial charge in [-0.2, -0.15) is 0 Å². The lowest BCUT2D eigenvalue weighted by atomic mass is 9.98. The molecule has 1 N–H and O–H groups in total. The summed E-state index contributed by atoms with van der Waals surface area (Å²) >= 11 is 6.23. The first-order valence-corrected chi connectivity index (χ1v) is 15.3. The Morgan fingerprint density at radius 1 is 0.872 bits per heavy atom. The van der Waals surface area contributed by atoms with Crippen molar-refractivity contribution in [3.05, 3.63) is 113 Å². The number of hydrogen-bond donors (Lipinski definition) is 1. The van der Waals surface area contributed by atoms with Crippen molar-refractivity contribution in [1.82, 2.24) is 24.8 Å². The van der Waals surface area contributed by atoms with Gasteiger partial charge in [-0.15, -0.1) is 0 Å². The Morgan fingerprint density at radius 3 is 2.26 bits per heavy atom. The number of esters is 2. The van der Waals surface area contributed by atoms with Crippen molar-refractivity contribution in [2.24, 2.45) is 0 Å². The molecular weight excluding hydrogens is 626 g/mol. The fourth-order valence-corrected chi connectivity index (χ4v) is 6.37. The molecule has 1 aliphatic heterocycles. The van der Waals surface area contributed by atoms with Crippen molar-refractivity contribution < 1.29 is 33.3 Å². The molecule has 7 rings (SSSR count). The van der Waals surface area contributed by atoms with Gasteiger partial charge in [0.05, 0.1) is 11.9 Å². The number of imidazole rings is 1. The summed E-state index contributed by atoms with van der Waals surface area (Å²) in [6.45, 7) is 1.03. The zero-order valence-corrected chi connectivity index (χ0v) is 25.7. The van der Waals surface area contributed by atoms with E-state index in [1.165, 1.54) is 24.1 Å². The first kappa shape index (κ1) is 30.3. The zero-order valence-electron chi connectivity index (χ0n) is 25.0. The maximum absolute atomic E-state index is 13.5. The molecule has 1 fully saturated rings. The summed E-state index contributed by atoms with van der Waals surface area (Å²) in [7, 11) is 0. The van der Waals surface area contributed by atoms with Gasteiger partial charge >= 0.3 is 18.0 Å². The van der Waals surface area contributed by atoms with Gasteiger partial charge in [-0.25, -0.2) is 24.5 Å². The predicted molar refractivity (Wildman–Crippen MR) is 169 cm³/mol. The lowest BCUT2D eigenvalue weighted by Crippen LogP contribution is -2.50. The van der Waals surface area contributed by atoms with Crippen LogP contribution in [0.15, 0.2) is 91.5 Å². The number of amides is 1. The minimum absolute atomic E-state index is 0.0599. The standard InChI is InChI=1S/C34H28ClN5O7/c1-19(41)46-29-27(39-34(43)45-15-25-23-13-7-5-11-21(23)22-12-6-8-14-24(22)25)26(16-44-33(42)20-9-3-2-4-10-20)47-32(29)40-18-38-28-30(35)36-17-37-31(28)40/h2-14,17-18,25-27,29,32H,15-16H2,1H3,(H,39,43)/t26-,27-,29-,32-/m0/s1. The van der Waals surface area contributed by atoms with Crippen LogP contribution in [-0.2, 0) is 23.7 Å². The fourth-order valence-electron chi connectivity index (χ4n) is 6.20. The van der Waals surface area contributed by atoms with E-state index in [0.717, 1.165) is 22.3 Å². The number of carbonyl (C=O) groups is 3. The highest BCUT2D eigenvalue weighted by atomic mass is 35.5. The Morgan fingerprint density at radius 2 is 1.55 bits per heavy atom. The SMILES string of the molecule is CC(=O)O[C@H]1[C@@H](NC(=O)OCC2c3ccccc3-c3ccccc32)[C@H](COC(=O)c2ccccc2)O[C@@H]1n1cnc2c(Cl)ncnc21. The van der Waals surface area contributed by atoms with Crippen LogP contribution in [0.4, 0.5) is 4.79 Å². The molecule has 0 bridgehead atoms. The number of benzene rings is 3. The van der Waals surface area contributed by atoms with E-state index in [1.54, 1.807) is 30.3 Å². The third-order valence-corrected chi connectivity index (χ3v) is 8.53. The van der Waals surface area contributed by atoms with Crippen LogP contribution >= 0.6 is 11.6 Å². The first-order valence-electron chi connectivity index (χ1n) is 14.9. The highest BCUT2D eigenvalue weighted by Gasteiger charge is 2.50. The van der Waals surface area contributed by atoms with Gasteiger partial charge < -0.3 is 24.3 Å². The molecule has 1 amide bonds. The molecule has 2 aliphatic rings. The third kappa shape index (κ3) is 5.88.